The Morgan fingerprint density at radius 1 is 1.42 bits per heavy atom. The maximum Gasteiger partial charge on any atom is 0.252 e. The number of rotatable bonds is 3. The van der Waals surface area contributed by atoms with E-state index in [2.05, 4.69) is 5.32 Å². The number of amides is 1. The minimum Gasteiger partial charge on any atom is -0.399 e. The molecule has 5 heteroatoms. The summed E-state index contributed by atoms with van der Waals surface area (Å²) in [4.78, 5) is 12.0. The molecule has 104 valence electrons. The van der Waals surface area contributed by atoms with E-state index in [1.54, 1.807) is 18.2 Å². The minimum absolute atomic E-state index is 0.137. The molecule has 2 atom stereocenters. The van der Waals surface area contributed by atoms with E-state index in [1.165, 1.54) is 0 Å². The summed E-state index contributed by atoms with van der Waals surface area (Å²) in [6.07, 6.45) is 3.62. The van der Waals surface area contributed by atoms with Crippen LogP contribution in [0.5, 0.6) is 0 Å². The van der Waals surface area contributed by atoms with Gasteiger partial charge in [0.2, 0.25) is 0 Å². The van der Waals surface area contributed by atoms with Crippen LogP contribution in [0.1, 0.15) is 36.0 Å². The van der Waals surface area contributed by atoms with Crippen molar-refractivity contribution in [3.05, 3.63) is 28.8 Å². The fourth-order valence-corrected chi connectivity index (χ4v) is 2.67. The van der Waals surface area contributed by atoms with Crippen LogP contribution in [0.4, 0.5) is 5.69 Å². The molecule has 19 heavy (non-hydrogen) atoms. The van der Waals surface area contributed by atoms with E-state index in [4.69, 9.17) is 17.3 Å². The first-order valence-electron chi connectivity index (χ1n) is 6.59. The Hall–Kier alpha value is -1.26. The highest BCUT2D eigenvalue weighted by molar-refractivity contribution is 6.34. The standard InChI is InChI=1S/C14H19ClN2O2/c15-12-6-5-10(16)7-11(12)14(19)17-8-9-3-1-2-4-13(9)18/h5-7,9,13,18H,1-4,8,16H2,(H,17,19). The number of aliphatic hydroxyl groups is 1. The second-order valence-corrected chi connectivity index (χ2v) is 5.47. The third-order valence-corrected chi connectivity index (χ3v) is 3.96. The number of nitrogen functional groups attached to an aromatic ring is 1. The molecule has 4 nitrogen and oxygen atoms in total. The first kappa shape index (κ1) is 14.2. The lowest BCUT2D eigenvalue weighted by Crippen LogP contribution is -2.36. The average Bonchev–Trinajstić information content (AvgIpc) is 2.40. The Labute approximate surface area is 117 Å². The Morgan fingerprint density at radius 2 is 2.16 bits per heavy atom. The van der Waals surface area contributed by atoms with E-state index < -0.39 is 0 Å². The summed E-state index contributed by atoms with van der Waals surface area (Å²) >= 11 is 5.98. The van der Waals surface area contributed by atoms with Gasteiger partial charge in [-0.15, -0.1) is 0 Å². The molecule has 2 unspecified atom stereocenters. The molecule has 1 aliphatic rings. The Bertz CT molecular complexity index is 465. The predicted molar refractivity (Wildman–Crippen MR) is 76.2 cm³/mol. The lowest BCUT2D eigenvalue weighted by molar-refractivity contribution is 0.0663. The van der Waals surface area contributed by atoms with Crippen LogP contribution < -0.4 is 11.1 Å². The third-order valence-electron chi connectivity index (χ3n) is 3.63. The smallest absolute Gasteiger partial charge is 0.252 e. The van der Waals surface area contributed by atoms with Crippen molar-refractivity contribution in [3.8, 4) is 0 Å². The molecule has 0 spiro atoms. The first-order chi connectivity index (χ1) is 9.08. The number of carbonyl (C=O) groups is 1. The number of halogens is 1. The molecular weight excluding hydrogens is 264 g/mol. The molecule has 1 aliphatic carbocycles. The fourth-order valence-electron chi connectivity index (χ4n) is 2.46. The molecule has 1 aromatic rings. The van der Waals surface area contributed by atoms with E-state index in [1.807, 2.05) is 0 Å². The Balaban J connectivity index is 1.95. The van der Waals surface area contributed by atoms with Gasteiger partial charge in [0.25, 0.3) is 5.91 Å². The monoisotopic (exact) mass is 282 g/mol. The number of carbonyl (C=O) groups excluding carboxylic acids is 1. The van der Waals surface area contributed by atoms with Crippen LogP contribution in [0.2, 0.25) is 5.02 Å². The molecule has 0 aliphatic heterocycles. The van der Waals surface area contributed by atoms with Gasteiger partial charge in [-0.05, 0) is 31.0 Å². The van der Waals surface area contributed by atoms with Gasteiger partial charge in [0.05, 0.1) is 16.7 Å². The van der Waals surface area contributed by atoms with Gasteiger partial charge in [-0.2, -0.15) is 0 Å². The van der Waals surface area contributed by atoms with Crippen molar-refractivity contribution < 1.29 is 9.90 Å². The summed E-state index contributed by atoms with van der Waals surface area (Å²) in [6, 6.07) is 4.83. The minimum atomic E-state index is -0.314. The van der Waals surface area contributed by atoms with Crippen LogP contribution in [0, 0.1) is 5.92 Å². The quantitative estimate of drug-likeness (QED) is 0.744. The van der Waals surface area contributed by atoms with Crippen molar-refractivity contribution >= 4 is 23.2 Å². The average molecular weight is 283 g/mol. The zero-order valence-corrected chi connectivity index (χ0v) is 11.5. The van der Waals surface area contributed by atoms with Gasteiger partial charge in [0.1, 0.15) is 0 Å². The lowest BCUT2D eigenvalue weighted by Gasteiger charge is -2.27. The number of hydrogen-bond acceptors (Lipinski definition) is 3. The maximum absolute atomic E-state index is 12.0. The number of nitrogens with one attached hydrogen (secondary N) is 1. The topological polar surface area (TPSA) is 75.4 Å². The zero-order valence-electron chi connectivity index (χ0n) is 10.7. The maximum atomic E-state index is 12.0. The molecule has 4 N–H and O–H groups in total. The number of hydrogen-bond donors (Lipinski definition) is 3. The molecule has 1 aromatic carbocycles. The Kier molecular flexibility index (Phi) is 4.66. The van der Waals surface area contributed by atoms with Crippen molar-refractivity contribution in [2.24, 2.45) is 5.92 Å². The summed E-state index contributed by atoms with van der Waals surface area (Å²) in [6.45, 7) is 0.477. The van der Waals surface area contributed by atoms with Crippen LogP contribution in [-0.2, 0) is 0 Å². The Morgan fingerprint density at radius 3 is 2.89 bits per heavy atom. The van der Waals surface area contributed by atoms with Crippen molar-refractivity contribution in [1.29, 1.82) is 0 Å². The fraction of sp³-hybridized carbons (Fsp3) is 0.500. The van der Waals surface area contributed by atoms with Crippen molar-refractivity contribution in [2.45, 2.75) is 31.8 Å². The SMILES string of the molecule is Nc1ccc(Cl)c(C(=O)NCC2CCCCC2O)c1. The number of anilines is 1. The zero-order chi connectivity index (χ0) is 13.8. The first-order valence-corrected chi connectivity index (χ1v) is 6.97. The highest BCUT2D eigenvalue weighted by atomic mass is 35.5. The van der Waals surface area contributed by atoms with Crippen LogP contribution in [0.3, 0.4) is 0 Å². The van der Waals surface area contributed by atoms with Gasteiger partial charge >= 0.3 is 0 Å². The molecule has 0 bridgehead atoms. The number of benzene rings is 1. The molecule has 1 saturated carbocycles. The van der Waals surface area contributed by atoms with Crippen LogP contribution in [0.15, 0.2) is 18.2 Å². The van der Waals surface area contributed by atoms with Crippen molar-refractivity contribution in [1.82, 2.24) is 5.32 Å². The van der Waals surface area contributed by atoms with Gasteiger partial charge in [-0.3, -0.25) is 4.79 Å². The summed E-state index contributed by atoms with van der Waals surface area (Å²) in [5.41, 5.74) is 6.54. The molecule has 0 saturated heterocycles. The van der Waals surface area contributed by atoms with E-state index >= 15 is 0 Å². The largest absolute Gasteiger partial charge is 0.399 e. The normalized spacial score (nSPS) is 23.1. The van der Waals surface area contributed by atoms with Gasteiger partial charge in [-0.25, -0.2) is 0 Å². The van der Waals surface area contributed by atoms with Gasteiger partial charge in [0.15, 0.2) is 0 Å². The van der Waals surface area contributed by atoms with E-state index in [-0.39, 0.29) is 17.9 Å². The van der Waals surface area contributed by atoms with Gasteiger partial charge in [0, 0.05) is 18.2 Å². The lowest BCUT2D eigenvalue weighted by atomic mass is 9.86. The predicted octanol–water partition coefficient (Wildman–Crippen LogP) is 2.20. The number of nitrogens with two attached hydrogens (primary N) is 1. The summed E-state index contributed by atoms with van der Waals surface area (Å²) in [5, 5.41) is 13.1. The third kappa shape index (κ3) is 3.61. The van der Waals surface area contributed by atoms with E-state index in [9.17, 15) is 9.90 Å². The molecule has 2 rings (SSSR count). The molecular formula is C14H19ClN2O2. The van der Waals surface area contributed by atoms with E-state index in [0.29, 0.717) is 22.8 Å². The van der Waals surface area contributed by atoms with Crippen LogP contribution in [0.25, 0.3) is 0 Å². The van der Waals surface area contributed by atoms with Crippen LogP contribution >= 0.6 is 11.6 Å². The highest BCUT2D eigenvalue weighted by Gasteiger charge is 2.23. The summed E-state index contributed by atoms with van der Waals surface area (Å²) < 4.78 is 0. The number of aliphatic hydroxyl groups excluding tert-OH is 1. The molecule has 0 aromatic heterocycles. The summed E-state index contributed by atoms with van der Waals surface area (Å²) in [7, 11) is 0. The molecule has 0 heterocycles. The highest BCUT2D eigenvalue weighted by Crippen LogP contribution is 2.24. The van der Waals surface area contributed by atoms with Gasteiger partial charge in [-0.1, -0.05) is 24.4 Å². The molecule has 1 fully saturated rings. The van der Waals surface area contributed by atoms with Crippen LogP contribution in [-0.4, -0.2) is 23.7 Å². The molecule has 1 amide bonds. The van der Waals surface area contributed by atoms with E-state index in [0.717, 1.165) is 25.7 Å². The molecule has 0 radical (unpaired) electrons. The van der Waals surface area contributed by atoms with Gasteiger partial charge < -0.3 is 16.2 Å². The second kappa shape index (κ2) is 6.26. The second-order valence-electron chi connectivity index (χ2n) is 5.06. The van der Waals surface area contributed by atoms with Crippen molar-refractivity contribution in [2.75, 3.05) is 12.3 Å². The van der Waals surface area contributed by atoms with Crippen molar-refractivity contribution in [3.63, 3.8) is 0 Å². The summed E-state index contributed by atoms with van der Waals surface area (Å²) in [5.74, 6) is -0.104.